The number of fused-ring (bicyclic) bond motifs is 1. The van der Waals surface area contributed by atoms with Crippen LogP contribution in [0.3, 0.4) is 0 Å². The van der Waals surface area contributed by atoms with Gasteiger partial charge in [-0.2, -0.15) is 0 Å². The molecule has 0 atom stereocenters. The van der Waals surface area contributed by atoms with Crippen LogP contribution in [0.2, 0.25) is 0 Å². The molecule has 0 radical (unpaired) electrons. The lowest BCUT2D eigenvalue weighted by molar-refractivity contribution is 0.851. The third-order valence-electron chi connectivity index (χ3n) is 3.21. The summed E-state index contributed by atoms with van der Waals surface area (Å²) >= 11 is 0. The topological polar surface area (TPSA) is 42.2 Å². The van der Waals surface area contributed by atoms with Gasteiger partial charge in [0.25, 0.3) is 0 Å². The van der Waals surface area contributed by atoms with Crippen LogP contribution in [-0.2, 0) is 0 Å². The number of nitrogen functional groups attached to an aromatic ring is 1. The predicted molar refractivity (Wildman–Crippen MR) is 74.5 cm³/mol. The minimum absolute atomic E-state index is 0.821. The Labute approximate surface area is 102 Å². The maximum absolute atomic E-state index is 6.03. The number of aryl methyl sites for hydroxylation is 1. The van der Waals surface area contributed by atoms with Gasteiger partial charge in [0.1, 0.15) is 5.82 Å². The van der Waals surface area contributed by atoms with E-state index in [4.69, 9.17) is 5.73 Å². The van der Waals surface area contributed by atoms with Crippen molar-refractivity contribution in [1.29, 1.82) is 0 Å². The van der Waals surface area contributed by atoms with Crippen molar-refractivity contribution in [3.8, 4) is 0 Å². The number of benzene rings is 1. The van der Waals surface area contributed by atoms with E-state index in [1.807, 2.05) is 18.3 Å². The molecule has 0 spiro atoms. The Morgan fingerprint density at radius 2 is 1.88 bits per heavy atom. The molecule has 90 valence electrons. The number of nitrogens with zero attached hydrogens (tertiary/aromatic N) is 2. The molecule has 1 aromatic heterocycles. The molecule has 2 aromatic rings. The predicted octanol–water partition coefficient (Wildman–Crippen LogP) is 2.97. The average Bonchev–Trinajstić information content (AvgIpc) is 2.35. The highest BCUT2D eigenvalue weighted by Crippen LogP contribution is 2.30. The van der Waals surface area contributed by atoms with E-state index >= 15 is 0 Å². The van der Waals surface area contributed by atoms with Crippen molar-refractivity contribution in [2.24, 2.45) is 0 Å². The summed E-state index contributed by atoms with van der Waals surface area (Å²) in [6.07, 6.45) is 1.84. The van der Waals surface area contributed by atoms with Gasteiger partial charge in [0.2, 0.25) is 0 Å². The Morgan fingerprint density at radius 1 is 1.18 bits per heavy atom. The van der Waals surface area contributed by atoms with Crippen LogP contribution >= 0.6 is 0 Å². The van der Waals surface area contributed by atoms with E-state index in [2.05, 4.69) is 36.7 Å². The molecule has 2 N–H and O–H groups in total. The Kier molecular flexibility index (Phi) is 3.18. The number of hydrogen-bond acceptors (Lipinski definition) is 3. The van der Waals surface area contributed by atoms with Crippen LogP contribution < -0.4 is 10.6 Å². The second-order valence-corrected chi connectivity index (χ2v) is 4.20. The van der Waals surface area contributed by atoms with E-state index in [-0.39, 0.29) is 0 Å². The molecule has 2 rings (SSSR count). The van der Waals surface area contributed by atoms with Crippen molar-refractivity contribution in [1.82, 2.24) is 4.98 Å². The van der Waals surface area contributed by atoms with Gasteiger partial charge >= 0.3 is 0 Å². The lowest BCUT2D eigenvalue weighted by Gasteiger charge is -2.22. The zero-order chi connectivity index (χ0) is 12.4. The van der Waals surface area contributed by atoms with Crippen LogP contribution in [0.4, 0.5) is 11.5 Å². The monoisotopic (exact) mass is 229 g/mol. The molecule has 3 heteroatoms. The van der Waals surface area contributed by atoms with Gasteiger partial charge in [0, 0.05) is 35.7 Å². The third kappa shape index (κ3) is 1.93. The molecule has 0 unspecified atom stereocenters. The van der Waals surface area contributed by atoms with E-state index in [1.165, 1.54) is 10.9 Å². The summed E-state index contributed by atoms with van der Waals surface area (Å²) in [5.74, 6) is 1.04. The lowest BCUT2D eigenvalue weighted by Crippen LogP contribution is -2.23. The highest BCUT2D eigenvalue weighted by Gasteiger charge is 2.11. The summed E-state index contributed by atoms with van der Waals surface area (Å²) in [6.45, 7) is 8.31. The second-order valence-electron chi connectivity index (χ2n) is 4.20. The van der Waals surface area contributed by atoms with Gasteiger partial charge in [-0.05, 0) is 38.5 Å². The Hall–Kier alpha value is -1.77. The summed E-state index contributed by atoms with van der Waals surface area (Å²) in [4.78, 5) is 6.78. The van der Waals surface area contributed by atoms with Gasteiger partial charge in [-0.1, -0.05) is 6.07 Å². The molecule has 0 aliphatic rings. The van der Waals surface area contributed by atoms with E-state index < -0.39 is 0 Å². The first-order chi connectivity index (χ1) is 8.19. The Balaban J connectivity index is 2.76. The van der Waals surface area contributed by atoms with Crippen LogP contribution in [0.15, 0.2) is 24.4 Å². The van der Waals surface area contributed by atoms with Gasteiger partial charge in [-0.3, -0.25) is 0 Å². The summed E-state index contributed by atoms with van der Waals surface area (Å²) in [5, 5.41) is 2.28. The molecule has 0 amide bonds. The first-order valence-electron chi connectivity index (χ1n) is 6.07. The Bertz CT molecular complexity index is 530. The van der Waals surface area contributed by atoms with E-state index in [0.717, 1.165) is 30.0 Å². The number of aromatic nitrogens is 1. The van der Waals surface area contributed by atoms with Crippen LogP contribution in [0.1, 0.15) is 19.4 Å². The molecule has 0 aliphatic carbocycles. The molecular weight excluding hydrogens is 210 g/mol. The van der Waals surface area contributed by atoms with Crippen LogP contribution in [0, 0.1) is 6.92 Å². The van der Waals surface area contributed by atoms with E-state index in [9.17, 15) is 0 Å². The average molecular weight is 229 g/mol. The fourth-order valence-electron chi connectivity index (χ4n) is 2.23. The molecule has 1 heterocycles. The van der Waals surface area contributed by atoms with E-state index in [0.29, 0.717) is 0 Å². The van der Waals surface area contributed by atoms with Crippen molar-refractivity contribution in [3.63, 3.8) is 0 Å². The van der Waals surface area contributed by atoms with Crippen molar-refractivity contribution in [2.45, 2.75) is 20.8 Å². The highest BCUT2D eigenvalue weighted by molar-refractivity contribution is 6.01. The van der Waals surface area contributed by atoms with Crippen molar-refractivity contribution in [2.75, 3.05) is 23.7 Å². The minimum Gasteiger partial charge on any atom is -0.398 e. The number of pyridine rings is 1. The van der Waals surface area contributed by atoms with Crippen LogP contribution in [0.5, 0.6) is 0 Å². The standard InChI is InChI=1S/C14H19N3/c1-4-17(5-2)14-13-10(3)6-7-12(15)11(13)8-9-16-14/h6-9H,4-5,15H2,1-3H3. The maximum Gasteiger partial charge on any atom is 0.136 e. The van der Waals surface area contributed by atoms with Crippen molar-refractivity contribution >= 4 is 22.3 Å². The van der Waals surface area contributed by atoms with Gasteiger partial charge < -0.3 is 10.6 Å². The molecule has 17 heavy (non-hydrogen) atoms. The molecular formula is C14H19N3. The number of nitrogens with two attached hydrogens (primary N) is 1. The van der Waals surface area contributed by atoms with Crippen LogP contribution in [-0.4, -0.2) is 18.1 Å². The normalized spacial score (nSPS) is 10.8. The summed E-state index contributed by atoms with van der Waals surface area (Å²) in [6, 6.07) is 6.01. The van der Waals surface area contributed by atoms with Gasteiger partial charge in [0.05, 0.1) is 0 Å². The maximum atomic E-state index is 6.03. The van der Waals surface area contributed by atoms with Crippen molar-refractivity contribution in [3.05, 3.63) is 30.0 Å². The lowest BCUT2D eigenvalue weighted by atomic mass is 10.0. The molecule has 0 aliphatic heterocycles. The first-order valence-corrected chi connectivity index (χ1v) is 6.07. The van der Waals surface area contributed by atoms with Gasteiger partial charge in [-0.25, -0.2) is 4.98 Å². The molecule has 0 bridgehead atoms. The minimum atomic E-state index is 0.821. The van der Waals surface area contributed by atoms with Gasteiger partial charge in [0.15, 0.2) is 0 Å². The Morgan fingerprint density at radius 3 is 2.53 bits per heavy atom. The number of anilines is 2. The quantitative estimate of drug-likeness (QED) is 0.823. The zero-order valence-corrected chi connectivity index (χ0v) is 10.7. The van der Waals surface area contributed by atoms with Crippen LogP contribution in [0.25, 0.3) is 10.8 Å². The largest absolute Gasteiger partial charge is 0.398 e. The smallest absolute Gasteiger partial charge is 0.136 e. The number of hydrogen-bond donors (Lipinski definition) is 1. The molecule has 0 saturated heterocycles. The third-order valence-corrected chi connectivity index (χ3v) is 3.21. The molecule has 1 aromatic carbocycles. The second kappa shape index (κ2) is 4.62. The molecule has 0 saturated carbocycles. The summed E-state index contributed by atoms with van der Waals surface area (Å²) in [7, 11) is 0. The SMILES string of the molecule is CCN(CC)c1nccc2c(N)ccc(C)c12. The highest BCUT2D eigenvalue weighted by atomic mass is 15.2. The fourth-order valence-corrected chi connectivity index (χ4v) is 2.23. The molecule has 3 nitrogen and oxygen atoms in total. The fraction of sp³-hybridized carbons (Fsp3) is 0.357. The molecule has 0 fully saturated rings. The summed E-state index contributed by atoms with van der Waals surface area (Å²) in [5.41, 5.74) is 8.08. The van der Waals surface area contributed by atoms with E-state index in [1.54, 1.807) is 0 Å². The number of rotatable bonds is 3. The zero-order valence-electron chi connectivity index (χ0n) is 10.7. The summed E-state index contributed by atoms with van der Waals surface area (Å²) < 4.78 is 0. The van der Waals surface area contributed by atoms with Gasteiger partial charge in [-0.15, -0.1) is 0 Å². The first kappa shape index (κ1) is 11.7. The van der Waals surface area contributed by atoms with Crippen molar-refractivity contribution < 1.29 is 0 Å².